The van der Waals surface area contributed by atoms with Gasteiger partial charge in [0.2, 0.25) is 5.91 Å². The van der Waals surface area contributed by atoms with Gasteiger partial charge in [-0.3, -0.25) is 19.0 Å². The molecular weight excluding hydrogens is 424 g/mol. The molecule has 32 heavy (non-hydrogen) atoms. The Morgan fingerprint density at radius 1 is 1.06 bits per heavy atom. The van der Waals surface area contributed by atoms with Gasteiger partial charge in [-0.25, -0.2) is 4.98 Å². The fraction of sp³-hybridized carbons (Fsp3) is 0.167. The van der Waals surface area contributed by atoms with Crippen LogP contribution >= 0.6 is 11.3 Å². The number of amides is 2. The van der Waals surface area contributed by atoms with Gasteiger partial charge in [-0.05, 0) is 30.5 Å². The van der Waals surface area contributed by atoms with Crippen molar-refractivity contribution >= 4 is 39.1 Å². The van der Waals surface area contributed by atoms with Crippen LogP contribution in [0.15, 0.2) is 71.1 Å². The summed E-state index contributed by atoms with van der Waals surface area (Å²) in [6.07, 6.45) is 3.35. The highest BCUT2D eigenvalue weighted by molar-refractivity contribution is 7.17. The second-order valence-electron chi connectivity index (χ2n) is 7.71. The van der Waals surface area contributed by atoms with Gasteiger partial charge in [-0.1, -0.05) is 42.5 Å². The van der Waals surface area contributed by atoms with Gasteiger partial charge >= 0.3 is 0 Å². The summed E-state index contributed by atoms with van der Waals surface area (Å²) in [5.74, 6) is -0.620. The van der Waals surface area contributed by atoms with Crippen LogP contribution < -0.4 is 16.2 Å². The van der Waals surface area contributed by atoms with Crippen molar-refractivity contribution in [3.8, 4) is 11.1 Å². The zero-order chi connectivity index (χ0) is 22.1. The smallest absolute Gasteiger partial charge is 0.263 e. The Kier molecular flexibility index (Phi) is 5.28. The maximum absolute atomic E-state index is 13.2. The van der Waals surface area contributed by atoms with Gasteiger partial charge in [0.1, 0.15) is 11.4 Å². The van der Waals surface area contributed by atoms with E-state index < -0.39 is 5.91 Å². The average Bonchev–Trinajstić information content (AvgIpc) is 3.51. The van der Waals surface area contributed by atoms with Gasteiger partial charge in [0.05, 0.1) is 23.0 Å². The van der Waals surface area contributed by atoms with E-state index >= 15 is 0 Å². The van der Waals surface area contributed by atoms with Crippen molar-refractivity contribution in [3.63, 3.8) is 0 Å². The molecule has 0 bridgehead atoms. The topological polar surface area (TPSA) is 93.1 Å². The van der Waals surface area contributed by atoms with Crippen LogP contribution in [0.2, 0.25) is 0 Å². The van der Waals surface area contributed by atoms with E-state index in [0.29, 0.717) is 21.5 Å². The van der Waals surface area contributed by atoms with Crippen molar-refractivity contribution in [1.29, 1.82) is 0 Å². The number of anilines is 1. The normalized spacial score (nSPS) is 13.1. The van der Waals surface area contributed by atoms with E-state index in [1.165, 1.54) is 22.2 Å². The third kappa shape index (κ3) is 4.04. The summed E-state index contributed by atoms with van der Waals surface area (Å²) < 4.78 is 1.30. The van der Waals surface area contributed by atoms with Crippen LogP contribution in [0.1, 0.15) is 23.2 Å². The van der Waals surface area contributed by atoms with Crippen LogP contribution in [0, 0.1) is 0 Å². The number of nitrogens with zero attached hydrogens (tertiary/aromatic N) is 2. The fourth-order valence-corrected chi connectivity index (χ4v) is 4.44. The van der Waals surface area contributed by atoms with Gasteiger partial charge in [0.15, 0.2) is 0 Å². The molecule has 2 amide bonds. The Hall–Kier alpha value is -3.78. The van der Waals surface area contributed by atoms with Gasteiger partial charge in [-0.15, -0.1) is 11.3 Å². The lowest BCUT2D eigenvalue weighted by molar-refractivity contribution is -0.116. The predicted molar refractivity (Wildman–Crippen MR) is 125 cm³/mol. The first-order valence-corrected chi connectivity index (χ1v) is 11.2. The van der Waals surface area contributed by atoms with Crippen molar-refractivity contribution in [1.82, 2.24) is 14.9 Å². The summed E-state index contributed by atoms with van der Waals surface area (Å²) in [6.45, 7) is -0.204. The molecule has 160 valence electrons. The van der Waals surface area contributed by atoms with E-state index in [2.05, 4.69) is 15.6 Å². The van der Waals surface area contributed by atoms with E-state index in [1.807, 2.05) is 35.7 Å². The molecule has 2 aromatic heterocycles. The fourth-order valence-electron chi connectivity index (χ4n) is 3.54. The molecule has 1 saturated carbocycles. The van der Waals surface area contributed by atoms with E-state index in [4.69, 9.17) is 0 Å². The molecule has 0 radical (unpaired) electrons. The zero-order valence-corrected chi connectivity index (χ0v) is 17.9. The Labute approximate surface area is 187 Å². The maximum atomic E-state index is 13.2. The molecule has 1 aliphatic carbocycles. The summed E-state index contributed by atoms with van der Waals surface area (Å²) in [6, 6.07) is 16.7. The van der Waals surface area contributed by atoms with E-state index in [1.54, 1.807) is 24.3 Å². The Morgan fingerprint density at radius 2 is 1.81 bits per heavy atom. The van der Waals surface area contributed by atoms with Gasteiger partial charge in [-0.2, -0.15) is 0 Å². The molecule has 1 aliphatic rings. The minimum absolute atomic E-state index is 0.204. The quantitative estimate of drug-likeness (QED) is 0.475. The monoisotopic (exact) mass is 444 g/mol. The van der Waals surface area contributed by atoms with Crippen molar-refractivity contribution in [2.75, 3.05) is 5.32 Å². The van der Waals surface area contributed by atoms with Gasteiger partial charge < -0.3 is 10.6 Å². The third-order valence-corrected chi connectivity index (χ3v) is 6.20. The molecule has 0 spiro atoms. The van der Waals surface area contributed by atoms with Crippen molar-refractivity contribution in [2.24, 2.45) is 0 Å². The second kappa shape index (κ2) is 8.39. The number of para-hydroxylation sites is 1. The molecule has 1 fully saturated rings. The molecule has 2 aromatic carbocycles. The summed E-state index contributed by atoms with van der Waals surface area (Å²) >= 11 is 1.40. The maximum Gasteiger partial charge on any atom is 0.263 e. The lowest BCUT2D eigenvalue weighted by atomic mass is 10.1. The van der Waals surface area contributed by atoms with Crippen LogP contribution in [-0.2, 0) is 11.3 Å². The Morgan fingerprint density at radius 3 is 2.59 bits per heavy atom. The van der Waals surface area contributed by atoms with Crippen molar-refractivity contribution < 1.29 is 9.59 Å². The minimum atomic E-state index is -0.406. The van der Waals surface area contributed by atoms with Crippen LogP contribution in [0.25, 0.3) is 21.3 Å². The lowest BCUT2D eigenvalue weighted by Gasteiger charge is -2.12. The molecule has 5 rings (SSSR count). The number of carbonyl (C=O) groups is 2. The number of hydrogen-bond acceptors (Lipinski definition) is 5. The lowest BCUT2D eigenvalue weighted by Crippen LogP contribution is -2.30. The number of benzene rings is 2. The number of rotatable bonds is 6. The standard InChI is InChI=1S/C24H20N4O3S/c29-20(27-19-9-5-4-8-17(19)22(30)26-16-10-11-16)12-28-14-25-23-21(24(28)31)18(13-32-23)15-6-2-1-3-7-15/h1-9,13-14,16H,10-12H2,(H,26,30)(H,27,29). The number of fused-ring (bicyclic) bond motifs is 1. The first kappa shape index (κ1) is 20.1. The molecule has 2 heterocycles. The molecule has 0 aliphatic heterocycles. The SMILES string of the molecule is O=C(Cn1cnc2scc(-c3ccccc3)c2c1=O)Nc1ccccc1C(=O)NC1CC1. The summed E-state index contributed by atoms with van der Waals surface area (Å²) in [5.41, 5.74) is 2.27. The highest BCUT2D eigenvalue weighted by atomic mass is 32.1. The predicted octanol–water partition coefficient (Wildman–Crippen LogP) is 3.66. The summed E-state index contributed by atoms with van der Waals surface area (Å²) in [7, 11) is 0. The third-order valence-electron chi connectivity index (χ3n) is 5.32. The average molecular weight is 445 g/mol. The molecule has 8 heteroatoms. The highest BCUT2D eigenvalue weighted by Crippen LogP contribution is 2.30. The summed E-state index contributed by atoms with van der Waals surface area (Å²) in [5, 5.41) is 8.10. The number of thiophene rings is 1. The second-order valence-corrected chi connectivity index (χ2v) is 8.57. The zero-order valence-electron chi connectivity index (χ0n) is 17.1. The van der Waals surface area contributed by atoms with Crippen LogP contribution in [0.4, 0.5) is 5.69 Å². The highest BCUT2D eigenvalue weighted by Gasteiger charge is 2.25. The number of aromatic nitrogens is 2. The number of carbonyl (C=O) groups excluding carboxylic acids is 2. The first-order chi connectivity index (χ1) is 15.6. The Balaban J connectivity index is 1.40. The summed E-state index contributed by atoms with van der Waals surface area (Å²) in [4.78, 5) is 43.4. The molecule has 7 nitrogen and oxygen atoms in total. The molecule has 4 aromatic rings. The molecular formula is C24H20N4O3S. The van der Waals surface area contributed by atoms with Crippen LogP contribution in [-0.4, -0.2) is 27.4 Å². The minimum Gasteiger partial charge on any atom is -0.349 e. The van der Waals surface area contributed by atoms with E-state index in [0.717, 1.165) is 24.0 Å². The van der Waals surface area contributed by atoms with Crippen molar-refractivity contribution in [3.05, 3.63) is 82.2 Å². The Bertz CT molecular complexity index is 1370. The van der Waals surface area contributed by atoms with Gasteiger partial charge in [0, 0.05) is 17.0 Å². The molecule has 0 atom stereocenters. The molecule has 0 unspecified atom stereocenters. The van der Waals surface area contributed by atoms with E-state index in [-0.39, 0.29) is 24.1 Å². The first-order valence-electron chi connectivity index (χ1n) is 10.3. The molecule has 0 saturated heterocycles. The van der Waals surface area contributed by atoms with E-state index in [9.17, 15) is 14.4 Å². The van der Waals surface area contributed by atoms with Gasteiger partial charge in [0.25, 0.3) is 11.5 Å². The van der Waals surface area contributed by atoms with Crippen LogP contribution in [0.3, 0.4) is 0 Å². The number of hydrogen-bond donors (Lipinski definition) is 2. The molecule has 2 N–H and O–H groups in total. The largest absolute Gasteiger partial charge is 0.349 e. The number of nitrogens with one attached hydrogen (secondary N) is 2. The van der Waals surface area contributed by atoms with Crippen molar-refractivity contribution in [2.45, 2.75) is 25.4 Å². The van der Waals surface area contributed by atoms with Crippen LogP contribution in [0.5, 0.6) is 0 Å².